The summed E-state index contributed by atoms with van der Waals surface area (Å²) in [4.78, 5) is 5.83. The predicted molar refractivity (Wildman–Crippen MR) is 53.4 cm³/mol. The van der Waals surface area contributed by atoms with Crippen molar-refractivity contribution in [1.82, 2.24) is 4.98 Å². The predicted octanol–water partition coefficient (Wildman–Crippen LogP) is 3.33. The Morgan fingerprint density at radius 2 is 2.00 bits per heavy atom. The minimum atomic E-state index is 1.18. The first-order chi connectivity index (χ1) is 5.68. The van der Waals surface area contributed by atoms with Crippen LogP contribution in [0.2, 0.25) is 0 Å². The SMILES string of the molecule is CC(=C1CC1)c1sc(C)nc1C. The first-order valence-electron chi connectivity index (χ1n) is 4.31. The molecule has 0 spiro atoms. The number of aromatic nitrogens is 1. The van der Waals surface area contributed by atoms with Gasteiger partial charge in [0.25, 0.3) is 0 Å². The van der Waals surface area contributed by atoms with E-state index in [4.69, 9.17) is 0 Å². The van der Waals surface area contributed by atoms with E-state index in [0.29, 0.717) is 0 Å². The average Bonchev–Trinajstić information content (AvgIpc) is 2.77. The van der Waals surface area contributed by atoms with Crippen molar-refractivity contribution in [2.24, 2.45) is 0 Å². The first kappa shape index (κ1) is 7.99. The summed E-state index contributed by atoms with van der Waals surface area (Å²) < 4.78 is 0. The van der Waals surface area contributed by atoms with Gasteiger partial charge in [-0.15, -0.1) is 11.3 Å². The van der Waals surface area contributed by atoms with E-state index in [1.807, 2.05) is 11.3 Å². The summed E-state index contributed by atoms with van der Waals surface area (Å²) in [5.74, 6) is 0. The Hall–Kier alpha value is -0.630. The molecule has 0 unspecified atom stereocenters. The van der Waals surface area contributed by atoms with Gasteiger partial charge < -0.3 is 0 Å². The summed E-state index contributed by atoms with van der Waals surface area (Å²) in [5, 5.41) is 1.18. The third kappa shape index (κ3) is 1.31. The molecule has 0 bridgehead atoms. The molecular weight excluding hydrogens is 166 g/mol. The molecule has 12 heavy (non-hydrogen) atoms. The summed E-state index contributed by atoms with van der Waals surface area (Å²) in [7, 11) is 0. The van der Waals surface area contributed by atoms with Crippen molar-refractivity contribution < 1.29 is 0 Å². The third-order valence-corrected chi connectivity index (χ3v) is 3.47. The van der Waals surface area contributed by atoms with Crippen molar-refractivity contribution in [3.63, 3.8) is 0 Å². The number of allylic oxidation sites excluding steroid dienone is 2. The number of hydrogen-bond donors (Lipinski definition) is 0. The number of aryl methyl sites for hydroxylation is 2. The van der Waals surface area contributed by atoms with Gasteiger partial charge in [-0.05, 0) is 39.2 Å². The zero-order valence-corrected chi connectivity index (χ0v) is 8.59. The van der Waals surface area contributed by atoms with Crippen molar-refractivity contribution in [2.45, 2.75) is 33.6 Å². The molecule has 1 aliphatic carbocycles. The maximum Gasteiger partial charge on any atom is 0.0903 e. The fourth-order valence-corrected chi connectivity index (χ4v) is 2.45. The molecule has 0 atom stereocenters. The van der Waals surface area contributed by atoms with Gasteiger partial charge in [-0.3, -0.25) is 0 Å². The van der Waals surface area contributed by atoms with Gasteiger partial charge in [0, 0.05) is 0 Å². The summed E-state index contributed by atoms with van der Waals surface area (Å²) in [5.41, 5.74) is 4.31. The Morgan fingerprint density at radius 3 is 2.42 bits per heavy atom. The van der Waals surface area contributed by atoms with Gasteiger partial charge in [-0.1, -0.05) is 5.57 Å². The van der Waals surface area contributed by atoms with E-state index in [1.54, 1.807) is 5.57 Å². The van der Waals surface area contributed by atoms with Gasteiger partial charge in [-0.2, -0.15) is 0 Å². The van der Waals surface area contributed by atoms with E-state index in [2.05, 4.69) is 25.8 Å². The topological polar surface area (TPSA) is 12.9 Å². The number of rotatable bonds is 1. The summed E-state index contributed by atoms with van der Waals surface area (Å²) >= 11 is 1.82. The van der Waals surface area contributed by atoms with Gasteiger partial charge in [0.15, 0.2) is 0 Å². The molecule has 2 rings (SSSR count). The minimum Gasteiger partial charge on any atom is -0.246 e. The second-order valence-corrected chi connectivity index (χ2v) is 4.58. The maximum atomic E-state index is 4.43. The molecule has 0 N–H and O–H groups in total. The van der Waals surface area contributed by atoms with E-state index in [0.717, 1.165) is 0 Å². The highest BCUT2D eigenvalue weighted by molar-refractivity contribution is 7.12. The average molecular weight is 179 g/mol. The van der Waals surface area contributed by atoms with Crippen LogP contribution < -0.4 is 0 Å². The third-order valence-electron chi connectivity index (χ3n) is 2.27. The maximum absolute atomic E-state index is 4.43. The van der Waals surface area contributed by atoms with Gasteiger partial charge in [0.1, 0.15) is 0 Å². The summed E-state index contributed by atoms with van der Waals surface area (Å²) in [6.07, 6.45) is 2.62. The molecular formula is C10H13NS. The lowest BCUT2D eigenvalue weighted by atomic mass is 10.2. The summed E-state index contributed by atoms with van der Waals surface area (Å²) in [6, 6.07) is 0. The molecule has 1 nitrogen and oxygen atoms in total. The largest absolute Gasteiger partial charge is 0.246 e. The van der Waals surface area contributed by atoms with Crippen molar-refractivity contribution in [1.29, 1.82) is 0 Å². The highest BCUT2D eigenvalue weighted by atomic mass is 32.1. The smallest absolute Gasteiger partial charge is 0.0903 e. The zero-order valence-electron chi connectivity index (χ0n) is 7.77. The molecule has 1 fully saturated rings. The highest BCUT2D eigenvalue weighted by Crippen LogP contribution is 2.38. The van der Waals surface area contributed by atoms with Crippen LogP contribution in [-0.4, -0.2) is 4.98 Å². The van der Waals surface area contributed by atoms with E-state index in [-0.39, 0.29) is 0 Å². The van der Waals surface area contributed by atoms with Crippen LogP contribution in [-0.2, 0) is 0 Å². The number of thiazole rings is 1. The molecule has 1 saturated carbocycles. The molecule has 2 heteroatoms. The fraction of sp³-hybridized carbons (Fsp3) is 0.500. The van der Waals surface area contributed by atoms with Crippen molar-refractivity contribution in [3.05, 3.63) is 21.2 Å². The second-order valence-electron chi connectivity index (χ2n) is 3.38. The monoisotopic (exact) mass is 179 g/mol. The van der Waals surface area contributed by atoms with Crippen LogP contribution >= 0.6 is 11.3 Å². The van der Waals surface area contributed by atoms with Crippen LogP contribution in [0.25, 0.3) is 5.57 Å². The second kappa shape index (κ2) is 2.70. The minimum absolute atomic E-state index is 1.18. The van der Waals surface area contributed by atoms with E-state index in [1.165, 1.54) is 34.0 Å². The Bertz CT molecular complexity index is 341. The van der Waals surface area contributed by atoms with Crippen molar-refractivity contribution in [3.8, 4) is 0 Å². The Balaban J connectivity index is 2.45. The van der Waals surface area contributed by atoms with Crippen LogP contribution in [0.15, 0.2) is 5.57 Å². The van der Waals surface area contributed by atoms with Crippen molar-refractivity contribution in [2.75, 3.05) is 0 Å². The molecule has 0 radical (unpaired) electrons. The van der Waals surface area contributed by atoms with E-state index in [9.17, 15) is 0 Å². The molecule has 0 saturated heterocycles. The molecule has 1 aliphatic rings. The van der Waals surface area contributed by atoms with Crippen LogP contribution in [0.1, 0.15) is 35.3 Å². The van der Waals surface area contributed by atoms with E-state index >= 15 is 0 Å². The molecule has 64 valence electrons. The molecule has 1 aromatic rings. The first-order valence-corrected chi connectivity index (χ1v) is 5.13. The Morgan fingerprint density at radius 1 is 1.33 bits per heavy atom. The standard InChI is InChI=1S/C10H13NS/c1-6(9-4-5-9)10-7(2)11-8(3)12-10/h4-5H2,1-3H3. The highest BCUT2D eigenvalue weighted by Gasteiger charge is 2.18. The Kier molecular flexibility index (Phi) is 1.80. The quantitative estimate of drug-likeness (QED) is 0.644. The molecule has 0 aliphatic heterocycles. The molecule has 1 aromatic heterocycles. The van der Waals surface area contributed by atoms with Gasteiger partial charge in [0.05, 0.1) is 15.6 Å². The van der Waals surface area contributed by atoms with E-state index < -0.39 is 0 Å². The lowest BCUT2D eigenvalue weighted by Crippen LogP contribution is -1.78. The van der Waals surface area contributed by atoms with Gasteiger partial charge in [-0.25, -0.2) is 4.98 Å². The Labute approximate surface area is 77.2 Å². The van der Waals surface area contributed by atoms with Crippen LogP contribution in [0.4, 0.5) is 0 Å². The fourth-order valence-electron chi connectivity index (χ4n) is 1.48. The van der Waals surface area contributed by atoms with Crippen LogP contribution in [0.3, 0.4) is 0 Å². The number of hydrogen-bond acceptors (Lipinski definition) is 2. The molecule has 1 heterocycles. The molecule has 0 amide bonds. The van der Waals surface area contributed by atoms with Crippen molar-refractivity contribution >= 4 is 16.9 Å². The number of nitrogens with zero attached hydrogens (tertiary/aromatic N) is 1. The lowest BCUT2D eigenvalue weighted by Gasteiger charge is -1.95. The van der Waals surface area contributed by atoms with Gasteiger partial charge >= 0.3 is 0 Å². The summed E-state index contributed by atoms with van der Waals surface area (Å²) in [6.45, 7) is 6.40. The zero-order chi connectivity index (χ0) is 8.72. The van der Waals surface area contributed by atoms with Crippen LogP contribution in [0.5, 0.6) is 0 Å². The lowest BCUT2D eigenvalue weighted by molar-refractivity contribution is 1.19. The van der Waals surface area contributed by atoms with Crippen LogP contribution in [0, 0.1) is 13.8 Å². The van der Waals surface area contributed by atoms with Gasteiger partial charge in [0.2, 0.25) is 0 Å². The molecule has 0 aromatic carbocycles. The normalized spacial score (nSPS) is 15.1.